The fraction of sp³-hybridized carbons (Fsp3) is 0.125. The summed E-state index contributed by atoms with van der Waals surface area (Å²) in [6.45, 7) is 0.644. The van der Waals surface area contributed by atoms with Gasteiger partial charge in [-0.25, -0.2) is 8.42 Å². The Bertz CT molecular complexity index is 870. The van der Waals surface area contributed by atoms with Gasteiger partial charge in [0.05, 0.1) is 16.8 Å². The van der Waals surface area contributed by atoms with Gasteiger partial charge in [0.1, 0.15) is 5.76 Å². The number of hydrogen-bond acceptors (Lipinski definition) is 5. The van der Waals surface area contributed by atoms with Crippen LogP contribution in [0.15, 0.2) is 62.7 Å². The second kappa shape index (κ2) is 6.57. The molecule has 0 fully saturated rings. The molecule has 0 radical (unpaired) electrons. The minimum Gasteiger partial charge on any atom is -0.464 e. The van der Waals surface area contributed by atoms with Crippen LogP contribution in [0.2, 0.25) is 0 Å². The van der Waals surface area contributed by atoms with Crippen molar-refractivity contribution < 1.29 is 12.8 Å². The second-order valence-corrected chi connectivity index (χ2v) is 7.41. The van der Waals surface area contributed by atoms with E-state index in [9.17, 15) is 8.42 Å². The zero-order valence-corrected chi connectivity index (χ0v) is 14.1. The molecule has 23 heavy (non-hydrogen) atoms. The summed E-state index contributed by atoms with van der Waals surface area (Å²) in [6, 6.07) is 10.8. The van der Waals surface area contributed by atoms with Crippen molar-refractivity contribution in [2.75, 3.05) is 11.8 Å². The summed E-state index contributed by atoms with van der Waals surface area (Å²) < 4.78 is 33.1. The number of rotatable bonds is 6. The van der Waals surface area contributed by atoms with E-state index in [1.54, 1.807) is 35.2 Å². The summed E-state index contributed by atoms with van der Waals surface area (Å²) in [5, 5.41) is 6.40. The molecule has 3 aromatic rings. The quantitative estimate of drug-likeness (QED) is 0.715. The second-order valence-electron chi connectivity index (χ2n) is 4.95. The van der Waals surface area contributed by atoms with Crippen LogP contribution in [0.1, 0.15) is 5.56 Å². The molecule has 0 aliphatic heterocycles. The third-order valence-corrected chi connectivity index (χ3v) is 5.50. The van der Waals surface area contributed by atoms with Gasteiger partial charge < -0.3 is 9.73 Å². The largest absolute Gasteiger partial charge is 0.464 e. The molecule has 2 N–H and O–H groups in total. The highest BCUT2D eigenvalue weighted by Gasteiger charge is 2.18. The van der Waals surface area contributed by atoms with Gasteiger partial charge in [-0.3, -0.25) is 4.72 Å². The monoisotopic (exact) mass is 348 g/mol. The molecule has 2 heterocycles. The van der Waals surface area contributed by atoms with E-state index in [2.05, 4.69) is 10.0 Å². The molecule has 120 valence electrons. The number of nitrogens with one attached hydrogen (secondary N) is 2. The zero-order chi connectivity index (χ0) is 16.3. The van der Waals surface area contributed by atoms with Gasteiger partial charge >= 0.3 is 0 Å². The molecular weight excluding hydrogens is 332 g/mol. The van der Waals surface area contributed by atoms with Crippen LogP contribution in [0, 0.1) is 0 Å². The molecule has 2 aromatic heterocycles. The first-order valence-electron chi connectivity index (χ1n) is 6.96. The summed E-state index contributed by atoms with van der Waals surface area (Å²) in [4.78, 5) is 0.256. The molecule has 0 amide bonds. The molecule has 7 heteroatoms. The Kier molecular flexibility index (Phi) is 4.51. The average Bonchev–Trinajstić information content (AvgIpc) is 3.21. The lowest BCUT2D eigenvalue weighted by Crippen LogP contribution is -2.13. The van der Waals surface area contributed by atoms with Crippen molar-refractivity contribution in [1.29, 1.82) is 0 Å². The van der Waals surface area contributed by atoms with Crippen LogP contribution in [-0.4, -0.2) is 15.5 Å². The van der Waals surface area contributed by atoms with E-state index in [1.165, 1.54) is 11.3 Å². The lowest BCUT2D eigenvalue weighted by molar-refractivity contribution is 0.582. The summed E-state index contributed by atoms with van der Waals surface area (Å²) >= 11 is 1.34. The molecule has 0 unspecified atom stereocenters. The minimum atomic E-state index is -3.62. The van der Waals surface area contributed by atoms with Gasteiger partial charge in [0, 0.05) is 17.5 Å². The van der Waals surface area contributed by atoms with E-state index in [4.69, 9.17) is 4.42 Å². The van der Waals surface area contributed by atoms with Gasteiger partial charge in [0.2, 0.25) is 0 Å². The van der Waals surface area contributed by atoms with Crippen LogP contribution in [-0.2, 0) is 16.6 Å². The highest BCUT2D eigenvalue weighted by Crippen LogP contribution is 2.31. The molecule has 0 aliphatic carbocycles. The van der Waals surface area contributed by atoms with Crippen molar-refractivity contribution >= 4 is 27.0 Å². The van der Waals surface area contributed by atoms with Crippen molar-refractivity contribution in [3.05, 3.63) is 59.0 Å². The number of sulfonamides is 1. The topological polar surface area (TPSA) is 71.3 Å². The molecule has 0 spiro atoms. The fourth-order valence-corrected chi connectivity index (χ4v) is 4.34. The molecule has 5 nitrogen and oxygen atoms in total. The van der Waals surface area contributed by atoms with E-state index in [0.717, 1.165) is 5.56 Å². The average molecular weight is 348 g/mol. The van der Waals surface area contributed by atoms with E-state index < -0.39 is 10.0 Å². The zero-order valence-electron chi connectivity index (χ0n) is 12.4. The first kappa shape index (κ1) is 15.8. The van der Waals surface area contributed by atoms with E-state index >= 15 is 0 Å². The third kappa shape index (κ3) is 3.47. The Morgan fingerprint density at radius 2 is 2.09 bits per heavy atom. The molecule has 3 rings (SSSR count). The maximum absolute atomic E-state index is 12.5. The molecular formula is C16H16N2O3S2. The van der Waals surface area contributed by atoms with Crippen LogP contribution in [0.3, 0.4) is 0 Å². The molecule has 0 bridgehead atoms. The maximum atomic E-state index is 12.5. The minimum absolute atomic E-state index is 0.256. The molecule has 0 aliphatic rings. The Morgan fingerprint density at radius 3 is 2.74 bits per heavy atom. The third-order valence-electron chi connectivity index (χ3n) is 3.30. The van der Waals surface area contributed by atoms with Crippen molar-refractivity contribution in [3.63, 3.8) is 0 Å². The lowest BCUT2D eigenvalue weighted by Gasteiger charge is -2.13. The fourth-order valence-electron chi connectivity index (χ4n) is 2.25. The first-order valence-corrected chi connectivity index (χ1v) is 9.39. The predicted octanol–water partition coefficient (Wildman–Crippen LogP) is 3.53. The van der Waals surface area contributed by atoms with Gasteiger partial charge in [-0.2, -0.15) is 11.3 Å². The Morgan fingerprint density at radius 1 is 1.22 bits per heavy atom. The van der Waals surface area contributed by atoms with Crippen LogP contribution < -0.4 is 10.0 Å². The van der Waals surface area contributed by atoms with Crippen LogP contribution >= 0.6 is 11.3 Å². The van der Waals surface area contributed by atoms with Gasteiger partial charge in [-0.1, -0.05) is 6.07 Å². The van der Waals surface area contributed by atoms with Crippen LogP contribution in [0.4, 0.5) is 5.69 Å². The van der Waals surface area contributed by atoms with Gasteiger partial charge in [-0.05, 0) is 48.3 Å². The van der Waals surface area contributed by atoms with E-state index in [-0.39, 0.29) is 4.90 Å². The Hall–Kier alpha value is -2.09. The lowest BCUT2D eigenvalue weighted by atomic mass is 10.1. The molecule has 0 saturated carbocycles. The number of hydrogen-bond donors (Lipinski definition) is 2. The van der Waals surface area contributed by atoms with Crippen LogP contribution in [0.25, 0.3) is 11.3 Å². The highest BCUT2D eigenvalue weighted by molar-refractivity contribution is 7.92. The number of furan rings is 1. The SMILES string of the molecule is CNCc1ccc(-c2ccco2)c(NS(=O)(=O)c2ccsc2)c1. The van der Waals surface area contributed by atoms with Crippen molar-refractivity contribution in [3.8, 4) is 11.3 Å². The number of thiophene rings is 1. The first-order chi connectivity index (χ1) is 11.1. The standard InChI is InChI=1S/C16H16N2O3S2/c1-17-10-12-4-5-14(16-3-2-7-21-16)15(9-12)18-23(19,20)13-6-8-22-11-13/h2-9,11,17-18H,10H2,1H3. The smallest absolute Gasteiger partial charge is 0.262 e. The van der Waals surface area contributed by atoms with Gasteiger partial charge in [0.25, 0.3) is 10.0 Å². The summed E-state index contributed by atoms with van der Waals surface area (Å²) in [6.07, 6.45) is 1.56. The predicted molar refractivity (Wildman–Crippen MR) is 92.0 cm³/mol. The summed E-state index contributed by atoms with van der Waals surface area (Å²) in [5.74, 6) is 0.615. The Balaban J connectivity index is 2.03. The summed E-state index contributed by atoms with van der Waals surface area (Å²) in [5.41, 5.74) is 2.18. The molecule has 1 aromatic carbocycles. The molecule has 0 atom stereocenters. The van der Waals surface area contributed by atoms with Gasteiger partial charge in [0.15, 0.2) is 0 Å². The highest BCUT2D eigenvalue weighted by atomic mass is 32.2. The van der Waals surface area contributed by atoms with Crippen molar-refractivity contribution in [2.24, 2.45) is 0 Å². The van der Waals surface area contributed by atoms with Crippen molar-refractivity contribution in [2.45, 2.75) is 11.4 Å². The maximum Gasteiger partial charge on any atom is 0.262 e. The number of anilines is 1. The molecule has 0 saturated heterocycles. The van der Waals surface area contributed by atoms with Gasteiger partial charge in [-0.15, -0.1) is 0 Å². The van der Waals surface area contributed by atoms with Crippen molar-refractivity contribution in [1.82, 2.24) is 5.32 Å². The number of benzene rings is 1. The van der Waals surface area contributed by atoms with Crippen LogP contribution in [0.5, 0.6) is 0 Å². The van der Waals surface area contributed by atoms with E-state index in [1.807, 2.05) is 25.2 Å². The normalized spacial score (nSPS) is 11.5. The summed E-state index contributed by atoms with van der Waals surface area (Å²) in [7, 11) is -1.77. The van der Waals surface area contributed by atoms with E-state index in [0.29, 0.717) is 23.6 Å². The Labute approximate surface area is 139 Å².